The molecule has 2 aromatic heterocycles. The van der Waals surface area contributed by atoms with E-state index in [9.17, 15) is 0 Å². The zero-order valence-electron chi connectivity index (χ0n) is 13.2. The van der Waals surface area contributed by atoms with E-state index in [4.69, 9.17) is 0 Å². The summed E-state index contributed by atoms with van der Waals surface area (Å²) < 4.78 is 0. The van der Waals surface area contributed by atoms with Gasteiger partial charge in [0, 0.05) is 30.9 Å². The number of pyridine rings is 1. The van der Waals surface area contributed by atoms with E-state index in [-0.39, 0.29) is 0 Å². The van der Waals surface area contributed by atoms with Crippen molar-refractivity contribution >= 4 is 17.3 Å². The Hall–Kier alpha value is -1.95. The fraction of sp³-hybridized carbons (Fsp3) is 0.438. The number of rotatable bonds is 7. The molecule has 0 aromatic carbocycles. The Morgan fingerprint density at radius 1 is 1.27 bits per heavy atom. The molecule has 118 valence electrons. The van der Waals surface area contributed by atoms with E-state index in [0.717, 1.165) is 43.2 Å². The minimum absolute atomic E-state index is 0.679. The lowest BCUT2D eigenvalue weighted by atomic mass is 10.2. The number of thiazole rings is 1. The van der Waals surface area contributed by atoms with Crippen molar-refractivity contribution in [3.63, 3.8) is 0 Å². The van der Waals surface area contributed by atoms with Gasteiger partial charge in [0.1, 0.15) is 0 Å². The summed E-state index contributed by atoms with van der Waals surface area (Å²) in [6.07, 6.45) is 5.09. The summed E-state index contributed by atoms with van der Waals surface area (Å²) in [5.41, 5.74) is 2.13. The summed E-state index contributed by atoms with van der Waals surface area (Å²) in [6, 6.07) is 5.90. The topological polar surface area (TPSA) is 62.2 Å². The van der Waals surface area contributed by atoms with Crippen LogP contribution < -0.4 is 10.6 Å². The van der Waals surface area contributed by atoms with E-state index in [2.05, 4.69) is 31.0 Å². The van der Waals surface area contributed by atoms with Crippen LogP contribution in [0.5, 0.6) is 0 Å². The Kier molecular flexibility index (Phi) is 6.83. The van der Waals surface area contributed by atoms with Gasteiger partial charge in [-0.2, -0.15) is 0 Å². The van der Waals surface area contributed by atoms with Gasteiger partial charge in [-0.15, -0.1) is 11.3 Å². The lowest BCUT2D eigenvalue weighted by Crippen LogP contribution is -2.37. The number of unbranched alkanes of at least 4 members (excludes halogenated alkanes) is 1. The number of aromatic nitrogens is 2. The molecule has 0 saturated heterocycles. The van der Waals surface area contributed by atoms with E-state index in [1.807, 2.05) is 25.1 Å². The van der Waals surface area contributed by atoms with Crippen molar-refractivity contribution in [2.24, 2.45) is 4.99 Å². The van der Waals surface area contributed by atoms with Gasteiger partial charge in [0.25, 0.3) is 0 Å². The number of hydrogen-bond acceptors (Lipinski definition) is 4. The van der Waals surface area contributed by atoms with Gasteiger partial charge in [0.2, 0.25) is 0 Å². The molecule has 0 saturated carbocycles. The van der Waals surface area contributed by atoms with E-state index in [1.165, 1.54) is 5.01 Å². The summed E-state index contributed by atoms with van der Waals surface area (Å²) in [4.78, 5) is 13.0. The Morgan fingerprint density at radius 3 is 2.86 bits per heavy atom. The molecule has 0 aliphatic heterocycles. The molecule has 0 fully saturated rings. The van der Waals surface area contributed by atoms with Crippen molar-refractivity contribution in [2.45, 2.75) is 32.7 Å². The molecule has 2 aromatic rings. The minimum atomic E-state index is 0.679. The largest absolute Gasteiger partial charge is 0.356 e. The Labute approximate surface area is 135 Å². The smallest absolute Gasteiger partial charge is 0.191 e. The molecule has 2 heterocycles. The number of nitrogens with one attached hydrogen (secondary N) is 2. The average Bonchev–Trinajstić information content (AvgIpc) is 2.96. The first-order valence-electron chi connectivity index (χ1n) is 7.53. The van der Waals surface area contributed by atoms with Gasteiger partial charge in [-0.25, -0.2) is 4.98 Å². The van der Waals surface area contributed by atoms with Crippen LogP contribution in [0.2, 0.25) is 0 Å². The molecule has 0 unspecified atom stereocenters. The second-order valence-corrected chi connectivity index (χ2v) is 5.96. The predicted molar refractivity (Wildman–Crippen MR) is 92.2 cm³/mol. The summed E-state index contributed by atoms with van der Waals surface area (Å²) in [5.74, 6) is 0.816. The average molecular weight is 317 g/mol. The van der Waals surface area contributed by atoms with Crippen molar-refractivity contribution in [3.05, 3.63) is 46.2 Å². The molecule has 0 radical (unpaired) electrons. The highest BCUT2D eigenvalue weighted by Crippen LogP contribution is 2.11. The molecule has 22 heavy (non-hydrogen) atoms. The molecular weight excluding hydrogens is 294 g/mol. The molecule has 0 aliphatic carbocycles. The summed E-state index contributed by atoms with van der Waals surface area (Å²) in [7, 11) is 1.78. The van der Waals surface area contributed by atoms with Crippen LogP contribution in [0.3, 0.4) is 0 Å². The number of hydrogen-bond donors (Lipinski definition) is 2. The quantitative estimate of drug-likeness (QED) is 0.468. The predicted octanol–water partition coefficient (Wildman–Crippen LogP) is 2.53. The Bertz CT molecular complexity index is 579. The van der Waals surface area contributed by atoms with E-state index >= 15 is 0 Å². The maximum absolute atomic E-state index is 4.48. The van der Waals surface area contributed by atoms with Crippen LogP contribution in [0.1, 0.15) is 29.2 Å². The van der Waals surface area contributed by atoms with Crippen LogP contribution in [0, 0.1) is 6.92 Å². The fourth-order valence-electron chi connectivity index (χ4n) is 2.02. The Morgan fingerprint density at radius 2 is 2.18 bits per heavy atom. The number of nitrogens with zero attached hydrogens (tertiary/aromatic N) is 3. The molecule has 0 spiro atoms. The maximum atomic E-state index is 4.48. The van der Waals surface area contributed by atoms with Crippen LogP contribution in [0.4, 0.5) is 0 Å². The third-order valence-corrected chi connectivity index (χ3v) is 4.19. The lowest BCUT2D eigenvalue weighted by molar-refractivity contribution is 0.690. The highest BCUT2D eigenvalue weighted by molar-refractivity contribution is 7.09. The standard InChI is InChI=1S/C16H23N5S/c1-13-12-22-15(21-13)8-4-6-10-19-16(17-2)20-11-14-7-3-5-9-18-14/h3,5,7,9,12H,4,6,8,10-11H2,1-2H3,(H2,17,19,20). The van der Waals surface area contributed by atoms with Crippen molar-refractivity contribution in [1.29, 1.82) is 0 Å². The van der Waals surface area contributed by atoms with Crippen molar-refractivity contribution in [2.75, 3.05) is 13.6 Å². The van der Waals surface area contributed by atoms with Crippen LogP contribution >= 0.6 is 11.3 Å². The molecule has 0 bridgehead atoms. The molecule has 6 heteroatoms. The lowest BCUT2D eigenvalue weighted by Gasteiger charge is -2.11. The van der Waals surface area contributed by atoms with Gasteiger partial charge in [-0.05, 0) is 38.3 Å². The maximum Gasteiger partial charge on any atom is 0.191 e. The first kappa shape index (κ1) is 16.4. The monoisotopic (exact) mass is 317 g/mol. The van der Waals surface area contributed by atoms with E-state index in [1.54, 1.807) is 24.6 Å². The third-order valence-electron chi connectivity index (χ3n) is 3.16. The van der Waals surface area contributed by atoms with Gasteiger partial charge in [-0.1, -0.05) is 6.07 Å². The molecule has 0 amide bonds. The number of aliphatic imine (C=N–C) groups is 1. The summed E-state index contributed by atoms with van der Waals surface area (Å²) in [5, 5.41) is 9.93. The molecular formula is C16H23N5S. The van der Waals surface area contributed by atoms with E-state index < -0.39 is 0 Å². The Balaban J connectivity index is 1.60. The van der Waals surface area contributed by atoms with Gasteiger partial charge in [0.15, 0.2) is 5.96 Å². The number of guanidine groups is 1. The van der Waals surface area contributed by atoms with E-state index in [0.29, 0.717) is 6.54 Å². The minimum Gasteiger partial charge on any atom is -0.356 e. The van der Waals surface area contributed by atoms with Gasteiger partial charge >= 0.3 is 0 Å². The second-order valence-electron chi connectivity index (χ2n) is 5.01. The molecule has 2 rings (SSSR count). The summed E-state index contributed by atoms with van der Waals surface area (Å²) in [6.45, 7) is 3.63. The van der Waals surface area contributed by atoms with Gasteiger partial charge in [0.05, 0.1) is 17.2 Å². The highest BCUT2D eigenvalue weighted by Gasteiger charge is 2.00. The first-order valence-corrected chi connectivity index (χ1v) is 8.41. The van der Waals surface area contributed by atoms with Crippen LogP contribution in [-0.4, -0.2) is 29.5 Å². The summed E-state index contributed by atoms with van der Waals surface area (Å²) >= 11 is 1.75. The van der Waals surface area contributed by atoms with Gasteiger partial charge < -0.3 is 10.6 Å². The highest BCUT2D eigenvalue weighted by atomic mass is 32.1. The van der Waals surface area contributed by atoms with Crippen molar-refractivity contribution in [1.82, 2.24) is 20.6 Å². The van der Waals surface area contributed by atoms with Crippen molar-refractivity contribution < 1.29 is 0 Å². The third kappa shape index (κ3) is 5.81. The van der Waals surface area contributed by atoms with Crippen LogP contribution in [0.25, 0.3) is 0 Å². The number of aryl methyl sites for hydroxylation is 2. The van der Waals surface area contributed by atoms with Crippen LogP contribution in [-0.2, 0) is 13.0 Å². The molecule has 2 N–H and O–H groups in total. The SMILES string of the molecule is CN=C(NCCCCc1nc(C)cs1)NCc1ccccn1. The zero-order chi connectivity index (χ0) is 15.6. The fourth-order valence-corrected chi connectivity index (χ4v) is 2.84. The first-order chi connectivity index (χ1) is 10.8. The van der Waals surface area contributed by atoms with Gasteiger partial charge in [-0.3, -0.25) is 9.98 Å². The second kappa shape index (κ2) is 9.15. The molecule has 0 atom stereocenters. The molecule has 5 nitrogen and oxygen atoms in total. The van der Waals surface area contributed by atoms with Crippen molar-refractivity contribution in [3.8, 4) is 0 Å². The normalized spacial score (nSPS) is 11.5. The zero-order valence-corrected chi connectivity index (χ0v) is 14.0. The molecule has 0 aliphatic rings. The van der Waals surface area contributed by atoms with Crippen LogP contribution in [0.15, 0.2) is 34.8 Å².